The summed E-state index contributed by atoms with van der Waals surface area (Å²) in [6, 6.07) is 25.0. The van der Waals surface area contributed by atoms with E-state index in [4.69, 9.17) is 9.47 Å². The highest BCUT2D eigenvalue weighted by Crippen LogP contribution is 2.44. The van der Waals surface area contributed by atoms with Gasteiger partial charge in [-0.3, -0.25) is 0 Å². The van der Waals surface area contributed by atoms with Gasteiger partial charge in [-0.05, 0) is 76.9 Å². The summed E-state index contributed by atoms with van der Waals surface area (Å²) in [6.45, 7) is 7.65. The minimum atomic E-state index is -0.920. The van der Waals surface area contributed by atoms with E-state index >= 15 is 0 Å². The van der Waals surface area contributed by atoms with E-state index in [0.717, 1.165) is 30.8 Å². The summed E-state index contributed by atoms with van der Waals surface area (Å²) in [5.74, 6) is 0.646. The van der Waals surface area contributed by atoms with Gasteiger partial charge in [0.1, 0.15) is 11.5 Å². The van der Waals surface area contributed by atoms with Gasteiger partial charge in [0.15, 0.2) is 0 Å². The first kappa shape index (κ1) is 21.1. The minimum absolute atomic E-state index is 0.651. The lowest BCUT2D eigenvalue weighted by molar-refractivity contribution is -0.0669. The molecule has 2 aliphatic carbocycles. The van der Waals surface area contributed by atoms with E-state index in [1.54, 1.807) is 0 Å². The normalized spacial score (nSPS) is 15.5. The Balaban J connectivity index is 1.47. The third-order valence-electron chi connectivity index (χ3n) is 6.26. The fourth-order valence-electron chi connectivity index (χ4n) is 4.64. The maximum Gasteiger partial charge on any atom is 0.275 e. The summed E-state index contributed by atoms with van der Waals surface area (Å²) in [5, 5.41) is 0. The van der Waals surface area contributed by atoms with Crippen molar-refractivity contribution in [1.82, 2.24) is 0 Å². The van der Waals surface area contributed by atoms with Gasteiger partial charge in [0.05, 0.1) is 6.42 Å². The number of ether oxygens (including phenoxy) is 2. The zero-order valence-corrected chi connectivity index (χ0v) is 18.8. The molecule has 0 bridgehead atoms. The summed E-state index contributed by atoms with van der Waals surface area (Å²) >= 11 is 0. The number of hydrogen-bond donors (Lipinski definition) is 0. The molecule has 5 rings (SSSR count). The van der Waals surface area contributed by atoms with E-state index in [1.807, 2.05) is 36.4 Å². The Bertz CT molecular complexity index is 1170. The number of benzene rings is 3. The molecule has 0 unspecified atom stereocenters. The Morgan fingerprint density at radius 3 is 1.91 bits per heavy atom. The van der Waals surface area contributed by atoms with Crippen LogP contribution in [0.25, 0.3) is 5.57 Å². The predicted molar refractivity (Wildman–Crippen MR) is 135 cm³/mol. The van der Waals surface area contributed by atoms with E-state index < -0.39 is 5.79 Å². The Morgan fingerprint density at radius 1 is 0.758 bits per heavy atom. The molecule has 0 amide bonds. The number of rotatable bonds is 8. The lowest BCUT2D eigenvalue weighted by Gasteiger charge is -2.35. The van der Waals surface area contributed by atoms with Crippen LogP contribution in [0, 0.1) is 0 Å². The van der Waals surface area contributed by atoms with Crippen LogP contribution in [0.1, 0.15) is 28.7 Å². The second-order valence-corrected chi connectivity index (χ2v) is 8.64. The van der Waals surface area contributed by atoms with Crippen LogP contribution in [-0.2, 0) is 19.3 Å². The van der Waals surface area contributed by atoms with Gasteiger partial charge in [-0.25, -0.2) is 0 Å². The van der Waals surface area contributed by atoms with Crippen molar-refractivity contribution >= 4 is 5.57 Å². The van der Waals surface area contributed by atoms with Crippen LogP contribution in [0.3, 0.4) is 0 Å². The molecule has 2 heteroatoms. The molecule has 0 radical (unpaired) electrons. The molecule has 0 saturated heterocycles. The number of allylic oxidation sites excluding steroid dienone is 4. The van der Waals surface area contributed by atoms with Gasteiger partial charge in [0.25, 0.3) is 5.79 Å². The van der Waals surface area contributed by atoms with Crippen molar-refractivity contribution in [2.75, 3.05) is 0 Å². The minimum Gasteiger partial charge on any atom is -0.448 e. The maximum absolute atomic E-state index is 6.60. The molecule has 2 nitrogen and oxygen atoms in total. The zero-order valence-electron chi connectivity index (χ0n) is 18.8. The highest BCUT2D eigenvalue weighted by atomic mass is 16.7. The van der Waals surface area contributed by atoms with Gasteiger partial charge in [-0.1, -0.05) is 66.8 Å². The van der Waals surface area contributed by atoms with Crippen molar-refractivity contribution in [2.45, 2.75) is 31.5 Å². The highest BCUT2D eigenvalue weighted by molar-refractivity contribution is 5.80. The Labute approximate surface area is 196 Å². The first-order valence-corrected chi connectivity index (χ1v) is 11.5. The molecule has 0 aliphatic heterocycles. The summed E-state index contributed by atoms with van der Waals surface area (Å²) in [7, 11) is 0. The molecule has 3 aromatic rings. The van der Waals surface area contributed by atoms with Crippen LogP contribution in [0.5, 0.6) is 11.5 Å². The Morgan fingerprint density at radius 2 is 1.33 bits per heavy atom. The second-order valence-electron chi connectivity index (χ2n) is 8.64. The van der Waals surface area contributed by atoms with Crippen LogP contribution in [0.4, 0.5) is 0 Å². The third kappa shape index (κ3) is 4.42. The fraction of sp³-hybridized carbons (Fsp3) is 0.161. The van der Waals surface area contributed by atoms with Crippen LogP contribution in [-0.4, -0.2) is 5.79 Å². The smallest absolute Gasteiger partial charge is 0.275 e. The molecule has 0 aromatic heterocycles. The first-order valence-electron chi connectivity index (χ1n) is 11.5. The lowest BCUT2D eigenvalue weighted by atomic mass is 9.92. The van der Waals surface area contributed by atoms with Crippen molar-refractivity contribution in [3.05, 3.63) is 138 Å². The third-order valence-corrected chi connectivity index (χ3v) is 6.26. The molecule has 3 aromatic carbocycles. The molecule has 33 heavy (non-hydrogen) atoms. The highest BCUT2D eigenvalue weighted by Gasteiger charge is 2.39. The summed E-state index contributed by atoms with van der Waals surface area (Å²) in [5.41, 5.74) is 7.74. The average molecular weight is 433 g/mol. The topological polar surface area (TPSA) is 18.5 Å². The summed E-state index contributed by atoms with van der Waals surface area (Å²) < 4.78 is 13.2. The zero-order chi connectivity index (χ0) is 22.7. The summed E-state index contributed by atoms with van der Waals surface area (Å²) in [6.07, 6.45) is 11.4. The molecule has 0 saturated carbocycles. The molecule has 0 N–H and O–H groups in total. The monoisotopic (exact) mass is 432 g/mol. The average Bonchev–Trinajstić information content (AvgIpc) is 3.20. The van der Waals surface area contributed by atoms with E-state index in [9.17, 15) is 0 Å². The summed E-state index contributed by atoms with van der Waals surface area (Å²) in [4.78, 5) is 0. The molecular weight excluding hydrogens is 404 g/mol. The van der Waals surface area contributed by atoms with Gasteiger partial charge < -0.3 is 9.47 Å². The molecule has 164 valence electrons. The van der Waals surface area contributed by atoms with Gasteiger partial charge >= 0.3 is 0 Å². The Kier molecular flexibility index (Phi) is 5.75. The predicted octanol–water partition coefficient (Wildman–Crippen LogP) is 7.27. The quantitative estimate of drug-likeness (QED) is 0.275. The van der Waals surface area contributed by atoms with E-state index in [0.29, 0.717) is 6.42 Å². The molecule has 0 fully saturated rings. The van der Waals surface area contributed by atoms with Crippen molar-refractivity contribution in [3.8, 4) is 11.5 Å². The largest absolute Gasteiger partial charge is 0.448 e. The lowest BCUT2D eigenvalue weighted by Crippen LogP contribution is -2.42. The molecule has 0 spiro atoms. The standard InChI is InChI=1S/C31H28O2/c1-3-7-23-11-15-27(16-12-23)32-31(33-28-17-13-24(8-4-2)14-18-28)20-19-26-21-25-9-5-6-10-29(25)30(26)22-31/h3-6,9-20H,1-2,7-8,21-22H2. The van der Waals surface area contributed by atoms with E-state index in [2.05, 4.69) is 73.8 Å². The molecule has 0 atom stereocenters. The van der Waals surface area contributed by atoms with Crippen LogP contribution in [0.15, 0.2) is 116 Å². The maximum atomic E-state index is 6.60. The van der Waals surface area contributed by atoms with Crippen molar-refractivity contribution in [3.63, 3.8) is 0 Å². The first-order chi connectivity index (χ1) is 16.2. The second kappa shape index (κ2) is 8.99. The number of hydrogen-bond acceptors (Lipinski definition) is 2. The Hall–Kier alpha value is -3.78. The van der Waals surface area contributed by atoms with Crippen molar-refractivity contribution < 1.29 is 9.47 Å². The van der Waals surface area contributed by atoms with Crippen LogP contribution < -0.4 is 9.47 Å². The van der Waals surface area contributed by atoms with Crippen LogP contribution in [0.2, 0.25) is 0 Å². The van der Waals surface area contributed by atoms with Crippen LogP contribution >= 0.6 is 0 Å². The van der Waals surface area contributed by atoms with Gasteiger partial charge in [0, 0.05) is 6.08 Å². The van der Waals surface area contributed by atoms with Gasteiger partial charge in [-0.15, -0.1) is 13.2 Å². The molecule has 0 heterocycles. The SMILES string of the molecule is C=CCc1ccc(OC2(Oc3ccc(CC=C)cc3)C=CC3=C(C2)c2ccccc2C3)cc1. The number of fused-ring (bicyclic) bond motifs is 2. The van der Waals surface area contributed by atoms with Gasteiger partial charge in [-0.2, -0.15) is 0 Å². The van der Waals surface area contributed by atoms with Gasteiger partial charge in [0.2, 0.25) is 0 Å². The molecular formula is C31H28O2. The fourth-order valence-corrected chi connectivity index (χ4v) is 4.64. The molecule has 2 aliphatic rings. The van der Waals surface area contributed by atoms with Crippen molar-refractivity contribution in [2.24, 2.45) is 0 Å². The van der Waals surface area contributed by atoms with E-state index in [1.165, 1.54) is 33.4 Å². The van der Waals surface area contributed by atoms with E-state index in [-0.39, 0.29) is 0 Å². The van der Waals surface area contributed by atoms with Crippen molar-refractivity contribution in [1.29, 1.82) is 0 Å².